The van der Waals surface area contributed by atoms with Crippen molar-refractivity contribution in [2.24, 2.45) is 0 Å². The molecule has 19 aromatic rings. The van der Waals surface area contributed by atoms with E-state index >= 15 is 0 Å². The number of benzene rings is 17. The summed E-state index contributed by atoms with van der Waals surface area (Å²) in [5.41, 5.74) is -11.4. The second-order valence-corrected chi connectivity index (χ2v) is 19.5. The Kier molecular flexibility index (Phi) is 4.87. The Morgan fingerprint density at radius 3 is 0.889 bits per heavy atom. The van der Waals surface area contributed by atoms with Crippen LogP contribution in [0.4, 0.5) is 0 Å². The predicted molar refractivity (Wildman–Crippen MR) is 383 cm³/mol. The first-order chi connectivity index (χ1) is 67.1. The van der Waals surface area contributed by atoms with Gasteiger partial charge in [0.05, 0.1) is 74.0 Å². The highest BCUT2D eigenvalue weighted by Crippen LogP contribution is 2.48. The van der Waals surface area contributed by atoms with Crippen molar-refractivity contribution >= 4 is 119 Å². The number of para-hydroxylation sites is 2. The van der Waals surface area contributed by atoms with E-state index in [0.29, 0.717) is 0 Å². The van der Waals surface area contributed by atoms with Gasteiger partial charge in [-0.05, 0) is 191 Å². The third kappa shape index (κ3) is 8.49. The van der Waals surface area contributed by atoms with Crippen LogP contribution in [0.1, 0.15) is 74.0 Å². The third-order valence-electron chi connectivity index (χ3n) is 14.6. The van der Waals surface area contributed by atoms with E-state index in [2.05, 4.69) is 0 Å². The molecular formula is C88H54O2. The summed E-state index contributed by atoms with van der Waals surface area (Å²) in [4.78, 5) is 0. The highest BCUT2D eigenvalue weighted by molar-refractivity contribution is 6.24. The molecule has 19 rings (SSSR count). The largest absolute Gasteiger partial charge is 0.456 e. The van der Waals surface area contributed by atoms with Crippen LogP contribution >= 0.6 is 0 Å². The van der Waals surface area contributed by atoms with Crippen LogP contribution in [0.15, 0.2) is 335 Å². The fraction of sp³-hybridized carbons (Fsp3) is 0. The van der Waals surface area contributed by atoms with Gasteiger partial charge in [0.15, 0.2) is 0 Å². The lowest BCUT2D eigenvalue weighted by Gasteiger charge is -2.18. The van der Waals surface area contributed by atoms with E-state index in [1.54, 1.807) is 0 Å². The topological polar surface area (TPSA) is 26.3 Å². The van der Waals surface area contributed by atoms with Gasteiger partial charge in [0.2, 0.25) is 0 Å². The third-order valence-corrected chi connectivity index (χ3v) is 14.6. The van der Waals surface area contributed by atoms with Crippen LogP contribution in [0.3, 0.4) is 0 Å². The van der Waals surface area contributed by atoms with Crippen molar-refractivity contribution in [1.82, 2.24) is 0 Å². The van der Waals surface area contributed by atoms with Crippen molar-refractivity contribution in [3.63, 3.8) is 0 Å². The van der Waals surface area contributed by atoms with Gasteiger partial charge in [0.1, 0.15) is 22.3 Å². The van der Waals surface area contributed by atoms with E-state index < -0.39 is 512 Å². The fourth-order valence-electron chi connectivity index (χ4n) is 10.7. The summed E-state index contributed by atoms with van der Waals surface area (Å²) in [5.74, 6) is 0. The molecule has 418 valence electrons. The lowest BCUT2D eigenvalue weighted by atomic mass is 9.85. The zero-order valence-corrected chi connectivity index (χ0v) is 44.8. The van der Waals surface area contributed by atoms with Crippen LogP contribution in [-0.2, 0) is 0 Å². The molecule has 0 saturated heterocycles. The molecule has 0 N–H and O–H groups in total. The Bertz CT molecular complexity index is 9260. The summed E-state index contributed by atoms with van der Waals surface area (Å²) < 4.78 is 494. The van der Waals surface area contributed by atoms with Crippen molar-refractivity contribution in [1.29, 1.82) is 0 Å². The van der Waals surface area contributed by atoms with Gasteiger partial charge in [-0.15, -0.1) is 0 Å². The molecule has 2 aromatic heterocycles. The Morgan fingerprint density at radius 1 is 0.156 bits per heavy atom. The molecule has 0 fully saturated rings. The lowest BCUT2D eigenvalue weighted by molar-refractivity contribution is 0.668. The number of hydrogen-bond acceptors (Lipinski definition) is 2. The summed E-state index contributed by atoms with van der Waals surface area (Å²) in [7, 11) is 0. The van der Waals surface area contributed by atoms with E-state index in [9.17, 15) is 28.8 Å². The zero-order valence-electron chi connectivity index (χ0n) is 98.8. The van der Waals surface area contributed by atoms with Crippen LogP contribution in [-0.4, -0.2) is 0 Å². The fourth-order valence-corrected chi connectivity index (χ4v) is 10.7. The molecule has 0 bridgehead atoms. The van der Waals surface area contributed by atoms with E-state index in [-0.39, 0.29) is 0 Å². The number of fused-ring (bicyclic) bond motifs is 14. The Hall–Kier alpha value is -11.8. The van der Waals surface area contributed by atoms with Gasteiger partial charge in [0, 0.05) is 21.5 Å². The molecule has 2 heteroatoms. The monoisotopic (exact) mass is 1200 g/mol. The van der Waals surface area contributed by atoms with Crippen molar-refractivity contribution in [3.8, 4) is 66.8 Å². The lowest BCUT2D eigenvalue weighted by Crippen LogP contribution is -1.91. The van der Waals surface area contributed by atoms with Crippen LogP contribution in [0, 0.1) is 0 Å². The quantitative estimate of drug-likeness (QED) is 0.123. The molecule has 0 saturated carbocycles. The van der Waals surface area contributed by atoms with Crippen LogP contribution in [0.25, 0.3) is 186 Å². The van der Waals surface area contributed by atoms with Gasteiger partial charge in [-0.2, -0.15) is 0 Å². The van der Waals surface area contributed by atoms with Gasteiger partial charge < -0.3 is 8.83 Å². The van der Waals surface area contributed by atoms with Gasteiger partial charge in [0.25, 0.3) is 0 Å². The first kappa shape index (κ1) is 20.9. The predicted octanol–water partition coefficient (Wildman–Crippen LogP) is 25.2. The van der Waals surface area contributed by atoms with Crippen LogP contribution in [0.2, 0.25) is 0 Å². The van der Waals surface area contributed by atoms with Crippen molar-refractivity contribution in [2.75, 3.05) is 0 Å². The maximum atomic E-state index is 9.64. The van der Waals surface area contributed by atoms with Gasteiger partial charge in [-0.1, -0.05) is 278 Å². The van der Waals surface area contributed by atoms with Crippen LogP contribution < -0.4 is 0 Å². The van der Waals surface area contributed by atoms with Gasteiger partial charge in [-0.3, -0.25) is 0 Å². The van der Waals surface area contributed by atoms with Crippen LogP contribution in [0.5, 0.6) is 0 Å². The molecule has 0 unspecified atom stereocenters. The Morgan fingerprint density at radius 2 is 0.433 bits per heavy atom. The molecule has 0 aliphatic rings. The number of furan rings is 2. The average molecular weight is 1200 g/mol. The molecule has 90 heavy (non-hydrogen) atoms. The molecule has 0 aliphatic heterocycles. The molecule has 0 spiro atoms. The first-order valence-corrected chi connectivity index (χ1v) is 26.6. The molecule has 2 nitrogen and oxygen atoms in total. The summed E-state index contributed by atoms with van der Waals surface area (Å²) in [5, 5.41) is -10.7. The second kappa shape index (κ2) is 21.0. The minimum Gasteiger partial charge on any atom is -0.456 e. The summed E-state index contributed by atoms with van der Waals surface area (Å²) in [6.07, 6.45) is 0. The SMILES string of the molecule is [2H]c1c([2H])c(-c2c3c([2H])c([2H])c([2H])c([2H])c3c(-c3c([2H])c([2H])c4oc5c([2H])c([2H])c([2H])c([2H])c5c4c3[2H])c3c([2H])c([2H])c([2H])c([2H])c23)c([2H])c([2H])c1-c1c([2H])c([2H])c2c([2H])c([2H])c([2H])c([2H])c2c1[2H].[2H]c1c([2H])c(-c2c3c([2H])c([2H])c([2H])c([2H])c3c(-c3c([2H])c([2H])c4oc5c([2H])c([2H])c([2H])c([2H])c5c4c3[2H])c3c([2H])c([2H])c([2H])c([2H])c23)c([2H])c([2H])c1-c1c([2H])c([2H])c2c(c1[2H])c([2H])c([2H])c1c([2H])c([2H])c([2H])c([2H])c12. The smallest absolute Gasteiger partial charge is 0.135 e. The standard InChI is InChI=1S/C46H28O.C42H26O/c1-2-10-35-30(9-1)19-22-33-27-32(23-25-36(33)35)29-17-20-31(21-18-29)45-38-12-3-5-14-40(38)46(41-15-6-4-13-39(41)45)34-24-26-44-42(28-34)37-11-7-8-16-43(37)47-44;1-2-10-30-25-31(22-19-27(30)9-1)28-17-20-29(21-18-28)41-34-12-3-5-14-36(34)42(37-15-6-4-13-35(37)41)32-23-24-40-38(26-32)33-11-7-8-16-39(33)43-40/h1-28H;1-26H/i1D,2D,3D,4D,5D,6D,7D,8D,9D,10D,11D,12D,13D,14D,15D,16D,17D,18D,19D,20D,21D,22D,23D,24D,25D,26D,27D,28D;1D,2D,3D,4D,5D,6D,7D,8D,9D,10D,11D,12D,13D,14D,15D,16D,17D,18D,19D,20D,21D,22D,23D,24D,25D,26D. The highest BCUT2D eigenvalue weighted by Gasteiger charge is 2.21. The summed E-state index contributed by atoms with van der Waals surface area (Å²) in [6, 6.07) is -48.7. The second-order valence-electron chi connectivity index (χ2n) is 19.5. The Labute approximate surface area is 595 Å². The summed E-state index contributed by atoms with van der Waals surface area (Å²) in [6.45, 7) is 0. The molecule has 0 amide bonds. The van der Waals surface area contributed by atoms with E-state index in [4.69, 9.17) is 54.1 Å². The molecule has 2 heterocycles. The van der Waals surface area contributed by atoms with Gasteiger partial charge >= 0.3 is 0 Å². The minimum absolute atomic E-state index is 0.412. The van der Waals surface area contributed by atoms with Crippen molar-refractivity contribution in [2.45, 2.75) is 0 Å². The first-order valence-electron chi connectivity index (χ1n) is 53.6. The van der Waals surface area contributed by atoms with E-state index in [1.807, 2.05) is 0 Å². The van der Waals surface area contributed by atoms with Crippen molar-refractivity contribution < 1.29 is 82.9 Å². The Balaban J connectivity index is 0.000000190. The normalized spacial score (nSPS) is 20.2. The average Bonchev–Trinajstić information content (AvgIpc) is 0.813. The number of rotatable bonds is 6. The maximum absolute atomic E-state index is 9.64. The zero-order chi connectivity index (χ0) is 106. The molecule has 0 radical (unpaired) electrons. The molecule has 0 aliphatic carbocycles. The van der Waals surface area contributed by atoms with Crippen molar-refractivity contribution in [3.05, 3.63) is 326 Å². The molecule has 0 atom stereocenters. The minimum atomic E-state index is -1.11. The van der Waals surface area contributed by atoms with E-state index in [1.165, 1.54) is 0 Å². The van der Waals surface area contributed by atoms with Gasteiger partial charge in [-0.25, -0.2) is 0 Å². The number of hydrogen-bond donors (Lipinski definition) is 0. The molecular weight excluding hydrogens is 1090 g/mol. The maximum Gasteiger partial charge on any atom is 0.135 e. The van der Waals surface area contributed by atoms with E-state index in [0.717, 1.165) is 0 Å². The highest BCUT2D eigenvalue weighted by atomic mass is 16.3. The summed E-state index contributed by atoms with van der Waals surface area (Å²) >= 11 is 0. The molecule has 17 aromatic carbocycles.